The van der Waals surface area contributed by atoms with Gasteiger partial charge >= 0.3 is 36.1 Å². The minimum absolute atomic E-state index is 0.0454. The fourth-order valence-electron chi connectivity index (χ4n) is 4.23. The number of nitrogens with zero attached hydrogens (tertiary/aromatic N) is 1. The van der Waals surface area contributed by atoms with E-state index in [-0.39, 0.29) is 118 Å². The molecule has 0 heterocycles. The van der Waals surface area contributed by atoms with Gasteiger partial charge in [0.15, 0.2) is 0 Å². The van der Waals surface area contributed by atoms with E-state index in [0.29, 0.717) is 39.5 Å². The molecular weight excluding hydrogens is 860 g/mol. The second-order valence-electron chi connectivity index (χ2n) is 12.7. The molecule has 0 aliphatic heterocycles. The number of nitrogens with one attached hydrogen (secondary N) is 3. The van der Waals surface area contributed by atoms with Gasteiger partial charge in [-0.25, -0.2) is 28.8 Å². The Kier molecular flexibility index (Phi) is 42.0. The summed E-state index contributed by atoms with van der Waals surface area (Å²) in [6.45, 7) is 5.68. The van der Waals surface area contributed by atoms with E-state index >= 15 is 0 Å². The maximum atomic E-state index is 12.6. The molecule has 0 aromatic carbocycles. The number of carbonyl (C=O) groups excluding carboxylic acids is 7. The van der Waals surface area contributed by atoms with E-state index in [1.807, 2.05) is 13.8 Å². The number of ether oxygens (including phenoxy) is 14. The lowest BCUT2D eigenvalue weighted by Gasteiger charge is -2.21. The first-order valence-electron chi connectivity index (χ1n) is 21.1. The van der Waals surface area contributed by atoms with Gasteiger partial charge in [0.05, 0.1) is 92.4 Å². The Balaban J connectivity index is 4.27. The van der Waals surface area contributed by atoms with Crippen LogP contribution in [0.1, 0.15) is 26.7 Å². The highest BCUT2D eigenvalue weighted by molar-refractivity contribution is 5.78. The van der Waals surface area contributed by atoms with Crippen molar-refractivity contribution in [2.24, 2.45) is 0 Å². The van der Waals surface area contributed by atoms with Crippen LogP contribution in [0.2, 0.25) is 0 Å². The number of hydrogen-bond acceptors (Lipinski definition) is 22. The summed E-state index contributed by atoms with van der Waals surface area (Å²) in [7, 11) is 1.54. The molecule has 0 aliphatic rings. The standard InChI is InChI=1S/C39H70N4O21/c1-4-11-63-38(49)41-7-14-53-20-22-55-24-26-61-36(47)31-57-29-34(45)59-16-9-43(28-33(44)40-6-13-52-19-18-51-3)10-17-60-35(46)30-58-32-37(48)62-27-25-56-23-21-54-15-8-42-39(50)64-12-5-2/h4-32H2,1-3H3,(H,40,44)(H,41,49)(H,42,50). The highest BCUT2D eigenvalue weighted by Crippen LogP contribution is 1.95. The molecule has 0 radical (unpaired) electrons. The fourth-order valence-corrected chi connectivity index (χ4v) is 4.23. The first kappa shape index (κ1) is 59.5. The third-order valence-corrected chi connectivity index (χ3v) is 7.22. The summed E-state index contributed by atoms with van der Waals surface area (Å²) >= 11 is 0. The number of alkyl carbamates (subject to hydrolysis) is 2. The molecule has 0 saturated heterocycles. The topological polar surface area (TPSA) is 288 Å². The third-order valence-electron chi connectivity index (χ3n) is 7.22. The lowest BCUT2D eigenvalue weighted by Crippen LogP contribution is -2.41. The number of esters is 4. The smallest absolute Gasteiger partial charge is 0.407 e. The van der Waals surface area contributed by atoms with E-state index in [2.05, 4.69) is 16.0 Å². The SMILES string of the molecule is CCCOC(=O)NCCOCCOCCOC(=O)COCC(=O)OCCN(CCOC(=O)COCC(=O)OCCOCCOCCNC(=O)OCCC)CC(=O)NCCOCCOC. The molecule has 0 bridgehead atoms. The van der Waals surface area contributed by atoms with E-state index in [1.54, 1.807) is 12.0 Å². The zero-order valence-corrected chi connectivity index (χ0v) is 37.5. The highest BCUT2D eigenvalue weighted by Gasteiger charge is 2.15. The molecule has 3 amide bonds. The van der Waals surface area contributed by atoms with Crippen LogP contribution in [-0.4, -0.2) is 232 Å². The predicted molar refractivity (Wildman–Crippen MR) is 220 cm³/mol. The molecular formula is C39H70N4O21. The molecule has 64 heavy (non-hydrogen) atoms. The van der Waals surface area contributed by atoms with Crippen molar-refractivity contribution < 1.29 is 99.9 Å². The van der Waals surface area contributed by atoms with Crippen molar-refractivity contribution in [2.75, 3.05) is 185 Å². The summed E-state index contributed by atoms with van der Waals surface area (Å²) in [5.41, 5.74) is 0. The average Bonchev–Trinajstić information content (AvgIpc) is 3.27. The predicted octanol–water partition coefficient (Wildman–Crippen LogP) is -1.39. The second kappa shape index (κ2) is 45.1. The van der Waals surface area contributed by atoms with Gasteiger partial charge in [-0.15, -0.1) is 0 Å². The van der Waals surface area contributed by atoms with E-state index < -0.39 is 62.5 Å². The Morgan fingerprint density at radius 1 is 0.375 bits per heavy atom. The van der Waals surface area contributed by atoms with E-state index in [9.17, 15) is 33.6 Å². The molecule has 372 valence electrons. The van der Waals surface area contributed by atoms with Gasteiger partial charge in [0.25, 0.3) is 0 Å². The van der Waals surface area contributed by atoms with E-state index in [1.165, 1.54) is 0 Å². The summed E-state index contributed by atoms with van der Waals surface area (Å²) < 4.78 is 71.6. The molecule has 0 aromatic rings. The summed E-state index contributed by atoms with van der Waals surface area (Å²) in [6, 6.07) is 0. The molecule has 25 nitrogen and oxygen atoms in total. The van der Waals surface area contributed by atoms with Crippen molar-refractivity contribution in [3.63, 3.8) is 0 Å². The van der Waals surface area contributed by atoms with Gasteiger partial charge < -0.3 is 82.3 Å². The normalized spacial score (nSPS) is 10.8. The summed E-state index contributed by atoms with van der Waals surface area (Å²) in [6.07, 6.45) is 0.459. The quantitative estimate of drug-likeness (QED) is 0.0360. The third kappa shape index (κ3) is 42.8. The van der Waals surface area contributed by atoms with Crippen LogP contribution in [0.3, 0.4) is 0 Å². The van der Waals surface area contributed by atoms with E-state index in [4.69, 9.17) is 66.3 Å². The van der Waals surface area contributed by atoms with Gasteiger partial charge in [-0.2, -0.15) is 0 Å². The van der Waals surface area contributed by atoms with Crippen LogP contribution in [0, 0.1) is 0 Å². The van der Waals surface area contributed by atoms with Gasteiger partial charge in [0.2, 0.25) is 5.91 Å². The van der Waals surface area contributed by atoms with Gasteiger partial charge in [0, 0.05) is 39.8 Å². The molecule has 3 N–H and O–H groups in total. The second-order valence-corrected chi connectivity index (χ2v) is 12.7. The summed E-state index contributed by atoms with van der Waals surface area (Å²) in [4.78, 5) is 84.9. The Bertz CT molecular complexity index is 1160. The molecule has 0 atom stereocenters. The molecule has 0 aromatic heterocycles. The van der Waals surface area contributed by atoms with Crippen molar-refractivity contribution in [1.82, 2.24) is 20.9 Å². The van der Waals surface area contributed by atoms with Crippen LogP contribution in [0.25, 0.3) is 0 Å². The van der Waals surface area contributed by atoms with Crippen LogP contribution in [0.5, 0.6) is 0 Å². The van der Waals surface area contributed by atoms with Crippen LogP contribution in [0.4, 0.5) is 9.59 Å². The first-order chi connectivity index (χ1) is 31.1. The number of methoxy groups -OCH3 is 1. The van der Waals surface area contributed by atoms with E-state index in [0.717, 1.165) is 12.8 Å². The van der Waals surface area contributed by atoms with Crippen molar-refractivity contribution in [3.05, 3.63) is 0 Å². The lowest BCUT2D eigenvalue weighted by atomic mass is 10.4. The fraction of sp³-hybridized carbons (Fsp3) is 0.821. The molecule has 0 unspecified atom stereocenters. The van der Waals surface area contributed by atoms with Crippen molar-refractivity contribution in [2.45, 2.75) is 26.7 Å². The molecule has 0 rings (SSSR count). The first-order valence-corrected chi connectivity index (χ1v) is 21.1. The van der Waals surface area contributed by atoms with Crippen LogP contribution >= 0.6 is 0 Å². The molecule has 25 heteroatoms. The number of amides is 3. The number of rotatable bonds is 44. The average molecular weight is 931 g/mol. The van der Waals surface area contributed by atoms with Gasteiger partial charge in [-0.05, 0) is 12.8 Å². The summed E-state index contributed by atoms with van der Waals surface area (Å²) in [5, 5.41) is 7.79. The maximum Gasteiger partial charge on any atom is 0.407 e. The summed E-state index contributed by atoms with van der Waals surface area (Å²) in [5.74, 6) is -3.33. The monoisotopic (exact) mass is 930 g/mol. The Morgan fingerprint density at radius 3 is 1.11 bits per heavy atom. The minimum Gasteiger partial charge on any atom is -0.463 e. The minimum atomic E-state index is -0.768. The molecule has 0 spiro atoms. The zero-order chi connectivity index (χ0) is 47.1. The Hall–Kier alpha value is -4.47. The van der Waals surface area contributed by atoms with Crippen molar-refractivity contribution in [3.8, 4) is 0 Å². The number of hydrogen-bond donors (Lipinski definition) is 3. The molecule has 0 saturated carbocycles. The van der Waals surface area contributed by atoms with Gasteiger partial charge in [0.1, 0.15) is 52.9 Å². The largest absolute Gasteiger partial charge is 0.463 e. The lowest BCUT2D eigenvalue weighted by molar-refractivity contribution is -0.157. The highest BCUT2D eigenvalue weighted by atomic mass is 16.6. The number of carbonyl (C=O) groups is 7. The van der Waals surface area contributed by atoms with Crippen molar-refractivity contribution in [1.29, 1.82) is 0 Å². The van der Waals surface area contributed by atoms with Crippen LogP contribution in [0.15, 0.2) is 0 Å². The van der Waals surface area contributed by atoms with Crippen LogP contribution < -0.4 is 16.0 Å². The zero-order valence-electron chi connectivity index (χ0n) is 37.5. The maximum absolute atomic E-state index is 12.6. The van der Waals surface area contributed by atoms with Crippen LogP contribution in [-0.2, 0) is 90.3 Å². The Morgan fingerprint density at radius 2 is 0.719 bits per heavy atom. The molecule has 0 aliphatic carbocycles. The Labute approximate surface area is 374 Å². The van der Waals surface area contributed by atoms with Gasteiger partial charge in [-0.3, -0.25) is 9.69 Å². The van der Waals surface area contributed by atoms with Crippen molar-refractivity contribution >= 4 is 42.0 Å². The molecule has 0 fully saturated rings. The van der Waals surface area contributed by atoms with Gasteiger partial charge in [-0.1, -0.05) is 13.8 Å².